The summed E-state index contributed by atoms with van der Waals surface area (Å²) in [4.78, 5) is 21.8. The van der Waals surface area contributed by atoms with E-state index in [0.717, 1.165) is 4.90 Å². The highest BCUT2D eigenvalue weighted by molar-refractivity contribution is 8.00. The number of hydrogen-bond acceptors (Lipinski definition) is 5. The summed E-state index contributed by atoms with van der Waals surface area (Å²) in [6, 6.07) is 11.8. The molecule has 0 spiro atoms. The van der Waals surface area contributed by atoms with Crippen LogP contribution in [-0.4, -0.2) is 20.4 Å². The number of benzene rings is 2. The van der Waals surface area contributed by atoms with Crippen molar-refractivity contribution >= 4 is 51.9 Å². The molecule has 0 saturated carbocycles. The van der Waals surface area contributed by atoms with Crippen LogP contribution < -0.4 is 10.0 Å². The first kappa shape index (κ1) is 19.2. The van der Waals surface area contributed by atoms with E-state index < -0.39 is 5.82 Å². The van der Waals surface area contributed by atoms with E-state index in [1.165, 1.54) is 18.0 Å². The summed E-state index contributed by atoms with van der Waals surface area (Å²) in [6.45, 7) is 0. The van der Waals surface area contributed by atoms with E-state index in [-0.39, 0.29) is 10.9 Å². The van der Waals surface area contributed by atoms with Gasteiger partial charge >= 0.3 is 0 Å². The summed E-state index contributed by atoms with van der Waals surface area (Å²) in [7, 11) is 1.74. The average molecular weight is 428 g/mol. The average Bonchev–Trinajstić information content (AvgIpc) is 3.08. The fraction of sp³-hybridized carbons (Fsp3) is 0.0500. The maximum Gasteiger partial charge on any atom is 0.272 e. The summed E-state index contributed by atoms with van der Waals surface area (Å²) in [5.41, 5.74) is 1.71. The second kappa shape index (κ2) is 8.10. The van der Waals surface area contributed by atoms with Gasteiger partial charge in [0.1, 0.15) is 11.5 Å². The molecule has 0 radical (unpaired) electrons. The SMILES string of the molecule is Cn1c(C(=O)Nc2ccc(SNc3cnccn3)cc2)cc2c(Cl)c(F)ccc21. The second-order valence-corrected chi connectivity index (χ2v) is 7.41. The monoisotopic (exact) mass is 427 g/mol. The number of nitrogens with zero attached hydrogens (tertiary/aromatic N) is 3. The number of anilines is 2. The lowest BCUT2D eigenvalue weighted by molar-refractivity contribution is 0.101. The molecule has 4 rings (SSSR count). The van der Waals surface area contributed by atoms with Gasteiger partial charge in [0.05, 0.1) is 16.7 Å². The van der Waals surface area contributed by atoms with Crippen molar-refractivity contribution < 1.29 is 9.18 Å². The molecule has 1 amide bonds. The molecule has 0 bridgehead atoms. The van der Waals surface area contributed by atoms with E-state index >= 15 is 0 Å². The number of amides is 1. The molecule has 2 aromatic carbocycles. The highest BCUT2D eigenvalue weighted by atomic mass is 35.5. The molecular formula is C20H15ClFN5OS. The molecule has 6 nitrogen and oxygen atoms in total. The van der Waals surface area contributed by atoms with Gasteiger partial charge in [0.25, 0.3) is 5.91 Å². The predicted octanol–water partition coefficient (Wildman–Crippen LogP) is 5.13. The topological polar surface area (TPSA) is 71.8 Å². The molecule has 0 unspecified atom stereocenters. The van der Waals surface area contributed by atoms with Gasteiger partial charge < -0.3 is 14.6 Å². The van der Waals surface area contributed by atoms with E-state index in [0.29, 0.717) is 28.1 Å². The van der Waals surface area contributed by atoms with Crippen LogP contribution in [0.1, 0.15) is 10.5 Å². The van der Waals surface area contributed by atoms with Crippen molar-refractivity contribution in [1.82, 2.24) is 14.5 Å². The van der Waals surface area contributed by atoms with Crippen molar-refractivity contribution in [1.29, 1.82) is 0 Å². The van der Waals surface area contributed by atoms with Crippen LogP contribution in [0.2, 0.25) is 5.02 Å². The number of nitrogens with one attached hydrogen (secondary N) is 2. The number of fused-ring (bicyclic) bond motifs is 1. The zero-order valence-electron chi connectivity index (χ0n) is 15.2. The Bertz CT molecular complexity index is 1180. The van der Waals surface area contributed by atoms with Crippen molar-refractivity contribution in [3.8, 4) is 0 Å². The largest absolute Gasteiger partial charge is 0.340 e. The third-order valence-corrected chi connectivity index (χ3v) is 5.50. The Hall–Kier alpha value is -3.10. The van der Waals surface area contributed by atoms with E-state index in [9.17, 15) is 9.18 Å². The quantitative estimate of drug-likeness (QED) is 0.432. The minimum atomic E-state index is -0.514. The van der Waals surface area contributed by atoms with E-state index in [2.05, 4.69) is 20.0 Å². The van der Waals surface area contributed by atoms with Gasteiger partial charge in [-0.2, -0.15) is 0 Å². The van der Waals surface area contributed by atoms with Gasteiger partial charge in [-0.05, 0) is 54.4 Å². The molecule has 2 N–H and O–H groups in total. The minimum Gasteiger partial charge on any atom is -0.340 e. The van der Waals surface area contributed by atoms with E-state index in [1.807, 2.05) is 12.1 Å². The van der Waals surface area contributed by atoms with Crippen LogP contribution >= 0.6 is 23.5 Å². The van der Waals surface area contributed by atoms with Crippen LogP contribution in [0.25, 0.3) is 10.9 Å². The maximum atomic E-state index is 13.7. The molecule has 146 valence electrons. The van der Waals surface area contributed by atoms with Gasteiger partial charge in [-0.25, -0.2) is 9.37 Å². The highest BCUT2D eigenvalue weighted by Crippen LogP contribution is 2.29. The number of carbonyl (C=O) groups excluding carboxylic acids is 1. The van der Waals surface area contributed by atoms with E-state index in [1.54, 1.807) is 54.5 Å². The summed E-state index contributed by atoms with van der Waals surface area (Å²) in [5.74, 6) is -0.168. The van der Waals surface area contributed by atoms with Crippen LogP contribution in [-0.2, 0) is 7.05 Å². The Labute approximate surface area is 175 Å². The standard InChI is InChI=1S/C20H15ClFN5OS/c1-27-16-7-6-15(22)19(21)14(16)10-17(27)20(28)25-12-2-4-13(5-3-12)29-26-18-11-23-8-9-24-18/h2-11H,1H3,(H,24,26)(H,25,28). The Morgan fingerprint density at radius 2 is 1.97 bits per heavy atom. The minimum absolute atomic E-state index is 0.00846. The van der Waals surface area contributed by atoms with E-state index in [4.69, 9.17) is 11.6 Å². The van der Waals surface area contributed by atoms with Crippen LogP contribution in [0.3, 0.4) is 0 Å². The van der Waals surface area contributed by atoms with Gasteiger partial charge in [0.15, 0.2) is 5.82 Å². The Balaban J connectivity index is 1.47. The first-order chi connectivity index (χ1) is 14.0. The number of carbonyl (C=O) groups is 1. The zero-order chi connectivity index (χ0) is 20.4. The normalized spacial score (nSPS) is 10.9. The Kier molecular flexibility index (Phi) is 5.37. The molecule has 0 aliphatic carbocycles. The molecule has 9 heteroatoms. The molecule has 2 aromatic heterocycles. The number of rotatable bonds is 5. The summed E-state index contributed by atoms with van der Waals surface area (Å²) < 4.78 is 18.5. The van der Waals surface area contributed by atoms with Crippen LogP contribution in [0.4, 0.5) is 15.9 Å². The molecule has 0 saturated heterocycles. The summed E-state index contributed by atoms with van der Waals surface area (Å²) >= 11 is 7.42. The first-order valence-electron chi connectivity index (χ1n) is 8.56. The van der Waals surface area contributed by atoms with Gasteiger partial charge in [-0.3, -0.25) is 9.78 Å². The lowest BCUT2D eigenvalue weighted by Crippen LogP contribution is -2.15. The maximum absolute atomic E-state index is 13.7. The van der Waals surface area contributed by atoms with Crippen molar-refractivity contribution in [2.24, 2.45) is 7.05 Å². The molecule has 29 heavy (non-hydrogen) atoms. The molecule has 2 heterocycles. The molecule has 4 aromatic rings. The fourth-order valence-electron chi connectivity index (χ4n) is 2.83. The third-order valence-electron chi connectivity index (χ3n) is 4.29. The smallest absolute Gasteiger partial charge is 0.272 e. The first-order valence-corrected chi connectivity index (χ1v) is 9.76. The molecular weight excluding hydrogens is 413 g/mol. The molecule has 0 aliphatic heterocycles. The van der Waals surface area contributed by atoms with Crippen molar-refractivity contribution in [3.05, 3.63) is 77.6 Å². The number of halogens is 2. The molecule has 0 aliphatic rings. The lowest BCUT2D eigenvalue weighted by atomic mass is 10.2. The van der Waals surface area contributed by atoms with Crippen molar-refractivity contribution in [2.45, 2.75) is 4.90 Å². The predicted molar refractivity (Wildman–Crippen MR) is 114 cm³/mol. The number of hydrogen-bond donors (Lipinski definition) is 2. The lowest BCUT2D eigenvalue weighted by Gasteiger charge is -2.08. The Morgan fingerprint density at radius 3 is 2.69 bits per heavy atom. The van der Waals surface area contributed by atoms with Crippen LogP contribution in [0.15, 0.2) is 66.0 Å². The number of aryl methyl sites for hydroxylation is 1. The summed E-state index contributed by atoms with van der Waals surface area (Å²) in [6.07, 6.45) is 4.84. The van der Waals surface area contributed by atoms with Gasteiger partial charge in [-0.1, -0.05) is 11.6 Å². The Morgan fingerprint density at radius 1 is 1.17 bits per heavy atom. The highest BCUT2D eigenvalue weighted by Gasteiger charge is 2.17. The third kappa shape index (κ3) is 4.03. The van der Waals surface area contributed by atoms with Crippen molar-refractivity contribution in [3.63, 3.8) is 0 Å². The zero-order valence-corrected chi connectivity index (χ0v) is 16.8. The number of aromatic nitrogens is 3. The van der Waals surface area contributed by atoms with Crippen LogP contribution in [0.5, 0.6) is 0 Å². The molecule has 0 fully saturated rings. The van der Waals surface area contributed by atoms with Crippen molar-refractivity contribution in [2.75, 3.05) is 10.0 Å². The van der Waals surface area contributed by atoms with Gasteiger partial charge in [0, 0.05) is 35.4 Å². The van der Waals surface area contributed by atoms with Gasteiger partial charge in [0.2, 0.25) is 0 Å². The molecule has 0 atom stereocenters. The van der Waals surface area contributed by atoms with Crippen LogP contribution in [0, 0.1) is 5.82 Å². The summed E-state index contributed by atoms with van der Waals surface area (Å²) in [5, 5.41) is 3.36. The second-order valence-electron chi connectivity index (χ2n) is 6.16. The van der Waals surface area contributed by atoms with Gasteiger partial charge in [-0.15, -0.1) is 0 Å². The fourth-order valence-corrected chi connectivity index (χ4v) is 3.65.